The van der Waals surface area contributed by atoms with Gasteiger partial charge in [-0.3, -0.25) is 4.79 Å². The highest BCUT2D eigenvalue weighted by atomic mass is 16.5. The Hall–Kier alpha value is -1.77. The summed E-state index contributed by atoms with van der Waals surface area (Å²) in [6.45, 7) is 4.22. The Labute approximate surface area is 89.5 Å². The predicted molar refractivity (Wildman–Crippen MR) is 59.9 cm³/mol. The molecule has 0 fully saturated rings. The van der Waals surface area contributed by atoms with Crippen LogP contribution in [-0.2, 0) is 0 Å². The predicted octanol–water partition coefficient (Wildman–Crippen LogP) is 2.13. The molecule has 0 bridgehead atoms. The van der Waals surface area contributed by atoms with Crippen LogP contribution >= 0.6 is 0 Å². The van der Waals surface area contributed by atoms with E-state index in [4.69, 9.17) is 10.5 Å². The number of allylic oxidation sites excluding steroid dienone is 2. The van der Waals surface area contributed by atoms with Crippen molar-refractivity contribution in [3.05, 3.63) is 41.6 Å². The van der Waals surface area contributed by atoms with Gasteiger partial charge in [-0.05, 0) is 38.1 Å². The molecule has 1 aromatic carbocycles. The average Bonchev–Trinajstić information content (AvgIpc) is 2.18. The van der Waals surface area contributed by atoms with Gasteiger partial charge in [0.1, 0.15) is 5.75 Å². The van der Waals surface area contributed by atoms with Crippen molar-refractivity contribution in [1.82, 2.24) is 0 Å². The maximum absolute atomic E-state index is 11.5. The lowest BCUT2D eigenvalue weighted by atomic mass is 10.1. The number of rotatable bonds is 4. The van der Waals surface area contributed by atoms with Gasteiger partial charge in [-0.15, -0.1) is 0 Å². The molecule has 0 aliphatic rings. The molecule has 3 heteroatoms. The van der Waals surface area contributed by atoms with Crippen LogP contribution < -0.4 is 10.5 Å². The van der Waals surface area contributed by atoms with Gasteiger partial charge in [0.15, 0.2) is 5.78 Å². The molecule has 0 aliphatic heterocycles. The van der Waals surface area contributed by atoms with Gasteiger partial charge in [-0.2, -0.15) is 0 Å². The molecule has 0 atom stereocenters. The van der Waals surface area contributed by atoms with E-state index in [9.17, 15) is 4.79 Å². The summed E-state index contributed by atoms with van der Waals surface area (Å²) in [5, 5.41) is 0. The second kappa shape index (κ2) is 5.20. The summed E-state index contributed by atoms with van der Waals surface area (Å²) in [6.07, 6.45) is 1.41. The van der Waals surface area contributed by atoms with E-state index >= 15 is 0 Å². The van der Waals surface area contributed by atoms with E-state index in [1.54, 1.807) is 31.2 Å². The molecule has 0 saturated carbocycles. The number of ketones is 1. The molecule has 0 unspecified atom stereocenters. The van der Waals surface area contributed by atoms with E-state index in [0.29, 0.717) is 17.9 Å². The summed E-state index contributed by atoms with van der Waals surface area (Å²) in [5.41, 5.74) is 6.55. The first-order valence-corrected chi connectivity index (χ1v) is 4.84. The Morgan fingerprint density at radius 3 is 2.47 bits per heavy atom. The molecular formula is C12H15NO2. The molecule has 1 aromatic rings. The van der Waals surface area contributed by atoms with Crippen LogP contribution in [0.2, 0.25) is 0 Å². The molecule has 15 heavy (non-hydrogen) atoms. The fourth-order valence-corrected chi connectivity index (χ4v) is 1.17. The van der Waals surface area contributed by atoms with Gasteiger partial charge in [0, 0.05) is 17.3 Å². The monoisotopic (exact) mass is 205 g/mol. The fraction of sp³-hybridized carbons (Fsp3) is 0.250. The lowest BCUT2D eigenvalue weighted by Crippen LogP contribution is -2.00. The van der Waals surface area contributed by atoms with Crippen LogP contribution in [0.3, 0.4) is 0 Å². The van der Waals surface area contributed by atoms with Crippen molar-refractivity contribution in [3.63, 3.8) is 0 Å². The van der Waals surface area contributed by atoms with Gasteiger partial charge in [0.2, 0.25) is 0 Å². The Morgan fingerprint density at radius 1 is 1.40 bits per heavy atom. The lowest BCUT2D eigenvalue weighted by molar-refractivity contribution is 0.104. The molecule has 0 saturated heterocycles. The highest BCUT2D eigenvalue weighted by Gasteiger charge is 2.02. The molecule has 3 nitrogen and oxygen atoms in total. The van der Waals surface area contributed by atoms with Gasteiger partial charge in [0.25, 0.3) is 0 Å². The van der Waals surface area contributed by atoms with E-state index in [-0.39, 0.29) is 5.78 Å². The summed E-state index contributed by atoms with van der Waals surface area (Å²) in [4.78, 5) is 11.5. The number of carbonyl (C=O) groups excluding carboxylic acids is 1. The first kappa shape index (κ1) is 11.3. The van der Waals surface area contributed by atoms with E-state index in [1.807, 2.05) is 6.92 Å². The van der Waals surface area contributed by atoms with E-state index in [0.717, 1.165) is 5.75 Å². The number of carbonyl (C=O) groups is 1. The zero-order valence-corrected chi connectivity index (χ0v) is 8.99. The molecule has 0 amide bonds. The van der Waals surface area contributed by atoms with Gasteiger partial charge < -0.3 is 10.5 Å². The third-order valence-corrected chi connectivity index (χ3v) is 1.81. The Balaban J connectivity index is 2.80. The molecule has 0 radical (unpaired) electrons. The van der Waals surface area contributed by atoms with Crippen molar-refractivity contribution in [2.24, 2.45) is 5.73 Å². The highest BCUT2D eigenvalue weighted by molar-refractivity contribution is 6.04. The molecule has 1 rings (SSSR count). The van der Waals surface area contributed by atoms with Gasteiger partial charge in [-0.1, -0.05) is 0 Å². The van der Waals surface area contributed by atoms with Crippen molar-refractivity contribution in [2.75, 3.05) is 6.61 Å². The van der Waals surface area contributed by atoms with E-state index in [2.05, 4.69) is 0 Å². The third-order valence-electron chi connectivity index (χ3n) is 1.81. The van der Waals surface area contributed by atoms with E-state index < -0.39 is 0 Å². The number of nitrogens with two attached hydrogens (primary N) is 1. The van der Waals surface area contributed by atoms with Gasteiger partial charge in [0.05, 0.1) is 6.61 Å². The first-order valence-electron chi connectivity index (χ1n) is 4.84. The van der Waals surface area contributed by atoms with Gasteiger partial charge >= 0.3 is 0 Å². The van der Waals surface area contributed by atoms with Crippen molar-refractivity contribution in [1.29, 1.82) is 0 Å². The van der Waals surface area contributed by atoms with Crippen LogP contribution in [0.5, 0.6) is 5.75 Å². The first-order chi connectivity index (χ1) is 7.13. The van der Waals surface area contributed by atoms with Crippen molar-refractivity contribution < 1.29 is 9.53 Å². The minimum atomic E-state index is -0.0851. The molecule has 2 N–H and O–H groups in total. The number of ether oxygens (including phenoxy) is 1. The Bertz CT molecular complexity index is 362. The maximum atomic E-state index is 11.5. The van der Waals surface area contributed by atoms with Crippen molar-refractivity contribution in [2.45, 2.75) is 13.8 Å². The Morgan fingerprint density at radius 2 is 2.00 bits per heavy atom. The Kier molecular flexibility index (Phi) is 3.92. The van der Waals surface area contributed by atoms with Crippen molar-refractivity contribution in [3.8, 4) is 5.75 Å². The van der Waals surface area contributed by atoms with Crippen LogP contribution in [0.1, 0.15) is 24.2 Å². The quantitative estimate of drug-likeness (QED) is 0.605. The van der Waals surface area contributed by atoms with Crippen LogP contribution in [-0.4, -0.2) is 12.4 Å². The normalized spacial score (nSPS) is 11.2. The molecule has 0 aliphatic carbocycles. The SMILES string of the molecule is CCOc1ccc(C(=O)/C=C(/C)N)cc1. The molecular weight excluding hydrogens is 190 g/mol. The molecule has 0 aromatic heterocycles. The van der Waals surface area contributed by atoms with Gasteiger partial charge in [-0.25, -0.2) is 0 Å². The largest absolute Gasteiger partial charge is 0.494 e. The summed E-state index contributed by atoms with van der Waals surface area (Å²) < 4.78 is 5.27. The molecule has 0 heterocycles. The number of benzene rings is 1. The molecule has 0 spiro atoms. The highest BCUT2D eigenvalue weighted by Crippen LogP contribution is 2.12. The second-order valence-corrected chi connectivity index (χ2v) is 3.21. The van der Waals surface area contributed by atoms with E-state index in [1.165, 1.54) is 6.08 Å². The summed E-state index contributed by atoms with van der Waals surface area (Å²) in [5.74, 6) is 0.681. The molecule has 80 valence electrons. The second-order valence-electron chi connectivity index (χ2n) is 3.21. The van der Waals surface area contributed by atoms with Crippen LogP contribution in [0.15, 0.2) is 36.0 Å². The third kappa shape index (κ3) is 3.46. The maximum Gasteiger partial charge on any atom is 0.187 e. The summed E-state index contributed by atoms with van der Waals surface area (Å²) >= 11 is 0. The standard InChI is InChI=1S/C12H15NO2/c1-3-15-11-6-4-10(5-7-11)12(14)8-9(2)13/h4-8H,3,13H2,1-2H3/b9-8-. The zero-order valence-electron chi connectivity index (χ0n) is 8.99. The topological polar surface area (TPSA) is 52.3 Å². The number of hydrogen-bond acceptors (Lipinski definition) is 3. The average molecular weight is 205 g/mol. The number of hydrogen-bond donors (Lipinski definition) is 1. The van der Waals surface area contributed by atoms with Crippen LogP contribution in [0.25, 0.3) is 0 Å². The smallest absolute Gasteiger partial charge is 0.187 e. The van der Waals surface area contributed by atoms with Crippen LogP contribution in [0.4, 0.5) is 0 Å². The van der Waals surface area contributed by atoms with Crippen LogP contribution in [0, 0.1) is 0 Å². The lowest BCUT2D eigenvalue weighted by Gasteiger charge is -2.02. The van der Waals surface area contributed by atoms with Crippen molar-refractivity contribution >= 4 is 5.78 Å². The zero-order chi connectivity index (χ0) is 11.3. The minimum Gasteiger partial charge on any atom is -0.494 e. The fourth-order valence-electron chi connectivity index (χ4n) is 1.17. The summed E-state index contributed by atoms with van der Waals surface area (Å²) in [6, 6.07) is 7.01. The summed E-state index contributed by atoms with van der Waals surface area (Å²) in [7, 11) is 0. The minimum absolute atomic E-state index is 0.0851.